The van der Waals surface area contributed by atoms with Gasteiger partial charge in [0.15, 0.2) is 0 Å². The summed E-state index contributed by atoms with van der Waals surface area (Å²) in [6, 6.07) is 7.50. The van der Waals surface area contributed by atoms with Gasteiger partial charge >= 0.3 is 0 Å². The number of benzene rings is 1. The highest BCUT2D eigenvalue weighted by atomic mass is 35.5. The van der Waals surface area contributed by atoms with E-state index in [-0.39, 0.29) is 5.92 Å². The first-order valence-electron chi connectivity index (χ1n) is 6.55. The van der Waals surface area contributed by atoms with Gasteiger partial charge in [0.25, 0.3) is 0 Å². The Kier molecular flexibility index (Phi) is 4.74. The van der Waals surface area contributed by atoms with E-state index in [1.54, 1.807) is 11.7 Å². The maximum absolute atomic E-state index is 10.5. The molecule has 0 saturated carbocycles. The molecule has 0 aliphatic heterocycles. The second kappa shape index (κ2) is 6.17. The largest absolute Gasteiger partial charge is 0.388 e. The summed E-state index contributed by atoms with van der Waals surface area (Å²) in [4.78, 5) is 0. The molecule has 0 aliphatic carbocycles. The molecule has 1 atom stereocenters. The van der Waals surface area contributed by atoms with Crippen LogP contribution < -0.4 is 0 Å². The van der Waals surface area contributed by atoms with Crippen molar-refractivity contribution in [3.63, 3.8) is 0 Å². The van der Waals surface area contributed by atoms with Gasteiger partial charge in [0.05, 0.1) is 11.8 Å². The van der Waals surface area contributed by atoms with Crippen molar-refractivity contribution in [2.24, 2.45) is 7.05 Å². The van der Waals surface area contributed by atoms with Crippen LogP contribution in [0.3, 0.4) is 0 Å². The van der Waals surface area contributed by atoms with Gasteiger partial charge in [0, 0.05) is 24.1 Å². The van der Waals surface area contributed by atoms with E-state index in [9.17, 15) is 5.11 Å². The zero-order valence-corrected chi connectivity index (χ0v) is 13.3. The Balaban J connectivity index is 2.34. The number of aliphatic hydroxyl groups excluding tert-OH is 1. The summed E-state index contributed by atoms with van der Waals surface area (Å²) in [6.07, 6.45) is -0.293. The van der Waals surface area contributed by atoms with Gasteiger partial charge in [-0.15, -0.1) is 0 Å². The normalized spacial score (nSPS) is 12.9. The molecule has 0 spiro atoms. The minimum absolute atomic E-state index is 0.199. The van der Waals surface area contributed by atoms with Gasteiger partial charge in [0.2, 0.25) is 0 Å². The number of hydrogen-bond donors (Lipinski definition) is 1. The molecular weight excluding hydrogens is 295 g/mol. The van der Waals surface area contributed by atoms with E-state index in [1.165, 1.54) is 0 Å². The summed E-state index contributed by atoms with van der Waals surface area (Å²) >= 11 is 12.4. The zero-order chi connectivity index (χ0) is 14.9. The molecule has 1 heterocycles. The molecule has 108 valence electrons. The number of nitrogens with zero attached hydrogens (tertiary/aromatic N) is 2. The van der Waals surface area contributed by atoms with Crippen LogP contribution in [0.4, 0.5) is 0 Å². The Morgan fingerprint density at radius 3 is 2.50 bits per heavy atom. The van der Waals surface area contributed by atoms with Crippen molar-refractivity contribution in [1.29, 1.82) is 0 Å². The lowest BCUT2D eigenvalue weighted by Crippen LogP contribution is -2.06. The Bertz CT molecular complexity index is 608. The highest BCUT2D eigenvalue weighted by Crippen LogP contribution is 2.33. The van der Waals surface area contributed by atoms with Crippen molar-refractivity contribution in [1.82, 2.24) is 9.78 Å². The molecule has 0 radical (unpaired) electrons. The highest BCUT2D eigenvalue weighted by molar-refractivity contribution is 6.31. The van der Waals surface area contributed by atoms with Crippen LogP contribution in [-0.4, -0.2) is 14.9 Å². The molecule has 1 N–H and O–H groups in total. The van der Waals surface area contributed by atoms with Crippen molar-refractivity contribution in [3.05, 3.63) is 51.3 Å². The van der Waals surface area contributed by atoms with Gasteiger partial charge < -0.3 is 5.11 Å². The first kappa shape index (κ1) is 15.4. The monoisotopic (exact) mass is 312 g/mol. The predicted molar refractivity (Wildman–Crippen MR) is 82.4 cm³/mol. The van der Waals surface area contributed by atoms with Gasteiger partial charge in [-0.05, 0) is 17.5 Å². The highest BCUT2D eigenvalue weighted by Gasteiger charge is 2.24. The van der Waals surface area contributed by atoms with Crippen LogP contribution in [0, 0.1) is 0 Å². The van der Waals surface area contributed by atoms with Gasteiger partial charge in [-0.25, -0.2) is 0 Å². The van der Waals surface area contributed by atoms with Crippen LogP contribution in [0.15, 0.2) is 24.3 Å². The number of aromatic nitrogens is 2. The second-order valence-electron chi connectivity index (χ2n) is 5.18. The van der Waals surface area contributed by atoms with Crippen LogP contribution in [0.25, 0.3) is 0 Å². The first-order chi connectivity index (χ1) is 9.41. The summed E-state index contributed by atoms with van der Waals surface area (Å²) in [5, 5.41) is 16.0. The molecule has 1 unspecified atom stereocenters. The molecule has 2 rings (SSSR count). The molecule has 1 aromatic heterocycles. The molecule has 0 aliphatic rings. The van der Waals surface area contributed by atoms with E-state index in [0.717, 1.165) is 11.3 Å². The maximum atomic E-state index is 10.5. The molecule has 0 saturated heterocycles. The van der Waals surface area contributed by atoms with Gasteiger partial charge in [-0.1, -0.05) is 55.2 Å². The Morgan fingerprint density at radius 2 is 1.90 bits per heavy atom. The third-order valence-corrected chi connectivity index (χ3v) is 4.11. The minimum Gasteiger partial charge on any atom is -0.388 e. The number of halogens is 2. The number of aryl methyl sites for hydroxylation is 1. The van der Waals surface area contributed by atoms with E-state index >= 15 is 0 Å². The predicted octanol–water partition coefficient (Wildman–Crippen LogP) is 4.13. The molecule has 5 heteroatoms. The van der Waals surface area contributed by atoms with Crippen molar-refractivity contribution < 1.29 is 5.11 Å². The molecule has 3 nitrogen and oxygen atoms in total. The Labute approximate surface area is 129 Å². The quantitative estimate of drug-likeness (QED) is 0.922. The summed E-state index contributed by atoms with van der Waals surface area (Å²) in [7, 11) is 1.78. The van der Waals surface area contributed by atoms with E-state index in [4.69, 9.17) is 23.2 Å². The first-order valence-corrected chi connectivity index (χ1v) is 7.31. The average molecular weight is 313 g/mol. The van der Waals surface area contributed by atoms with Crippen LogP contribution in [-0.2, 0) is 13.5 Å². The minimum atomic E-state index is -0.714. The lowest BCUT2D eigenvalue weighted by atomic mass is 9.97. The molecule has 2 aromatic rings. The third kappa shape index (κ3) is 3.00. The summed E-state index contributed by atoms with van der Waals surface area (Å²) < 4.78 is 1.60. The average Bonchev–Trinajstić information content (AvgIpc) is 2.69. The fourth-order valence-electron chi connectivity index (χ4n) is 2.25. The maximum Gasteiger partial charge on any atom is 0.132 e. The van der Waals surface area contributed by atoms with Crippen molar-refractivity contribution >= 4 is 23.2 Å². The van der Waals surface area contributed by atoms with Gasteiger partial charge in [-0.3, -0.25) is 4.68 Å². The Morgan fingerprint density at radius 1 is 1.25 bits per heavy atom. The van der Waals surface area contributed by atoms with Crippen LogP contribution in [0.5, 0.6) is 0 Å². The van der Waals surface area contributed by atoms with Crippen molar-refractivity contribution in [2.75, 3.05) is 0 Å². The molecule has 0 bridgehead atoms. The van der Waals surface area contributed by atoms with E-state index in [0.29, 0.717) is 22.2 Å². The molecule has 0 amide bonds. The van der Waals surface area contributed by atoms with Gasteiger partial charge in [0.1, 0.15) is 5.15 Å². The van der Waals surface area contributed by atoms with E-state index in [2.05, 4.69) is 5.10 Å². The number of aliphatic hydroxyl groups is 1. The topological polar surface area (TPSA) is 38.0 Å². The van der Waals surface area contributed by atoms with Crippen molar-refractivity contribution in [2.45, 2.75) is 32.3 Å². The van der Waals surface area contributed by atoms with E-state index in [1.807, 2.05) is 38.1 Å². The zero-order valence-electron chi connectivity index (χ0n) is 11.8. The second-order valence-corrected chi connectivity index (χ2v) is 5.94. The lowest BCUT2D eigenvalue weighted by molar-refractivity contribution is 0.177. The third-order valence-electron chi connectivity index (χ3n) is 3.29. The van der Waals surface area contributed by atoms with Crippen LogP contribution in [0.2, 0.25) is 10.2 Å². The lowest BCUT2D eigenvalue weighted by Gasteiger charge is -2.14. The summed E-state index contributed by atoms with van der Waals surface area (Å²) in [5.74, 6) is 0.199. The standard InChI is InChI=1S/C15H18Cl2N2O/c1-9(2)14-13(15(17)19(3)18-14)12(20)8-10-6-4-5-7-11(10)16/h4-7,9,12,20H,8H2,1-3H3. The fraction of sp³-hybridized carbons (Fsp3) is 0.400. The van der Waals surface area contributed by atoms with Crippen LogP contribution in [0.1, 0.15) is 42.7 Å². The fourth-order valence-corrected chi connectivity index (χ4v) is 2.72. The number of rotatable bonds is 4. The van der Waals surface area contributed by atoms with Gasteiger partial charge in [-0.2, -0.15) is 5.10 Å². The summed E-state index contributed by atoms with van der Waals surface area (Å²) in [6.45, 7) is 4.06. The smallest absolute Gasteiger partial charge is 0.132 e. The molecule has 0 fully saturated rings. The molecule has 20 heavy (non-hydrogen) atoms. The van der Waals surface area contributed by atoms with Crippen LogP contribution >= 0.6 is 23.2 Å². The van der Waals surface area contributed by atoms with E-state index < -0.39 is 6.10 Å². The number of hydrogen-bond acceptors (Lipinski definition) is 2. The van der Waals surface area contributed by atoms with Crippen molar-refractivity contribution in [3.8, 4) is 0 Å². The summed E-state index contributed by atoms with van der Waals surface area (Å²) in [5.41, 5.74) is 2.43. The SMILES string of the molecule is CC(C)c1nn(C)c(Cl)c1C(O)Cc1ccccc1Cl. The molecular formula is C15H18Cl2N2O. The molecule has 1 aromatic carbocycles. The Hall–Kier alpha value is -1.03.